The Balaban J connectivity index is -0.000000767. The molecule has 0 aromatic rings. The summed E-state index contributed by atoms with van der Waals surface area (Å²) < 4.78 is 0. The molecule has 0 heterocycles. The molecule has 0 fully saturated rings. The maximum absolute atomic E-state index is 10.8. The zero-order chi connectivity index (χ0) is 32.9. The van der Waals surface area contributed by atoms with Gasteiger partial charge in [-0.05, 0) is 51.9 Å². The molecule has 0 saturated heterocycles. The van der Waals surface area contributed by atoms with Crippen LogP contribution in [0.1, 0.15) is 195 Å². The molecule has 2 N–H and O–H groups in total. The van der Waals surface area contributed by atoms with Gasteiger partial charge in [0.1, 0.15) is 0 Å². The molecule has 0 unspecified atom stereocenters. The van der Waals surface area contributed by atoms with Crippen molar-refractivity contribution in [3.05, 3.63) is 0 Å². The summed E-state index contributed by atoms with van der Waals surface area (Å²) in [6.45, 7) is 14.7. The number of hydrogen-bond donors (Lipinski definition) is 2. The van der Waals surface area contributed by atoms with Gasteiger partial charge in [-0.3, -0.25) is 9.59 Å². The monoisotopic (exact) mass is 685 g/mol. The van der Waals surface area contributed by atoms with Crippen molar-refractivity contribution >= 4 is 11.9 Å². The van der Waals surface area contributed by atoms with E-state index in [0.29, 0.717) is 0 Å². The molecule has 0 aromatic carbocycles. The summed E-state index contributed by atoms with van der Waals surface area (Å²) in [4.78, 5) is 26.3. The van der Waals surface area contributed by atoms with Gasteiger partial charge in [-0.25, -0.2) is 0 Å². The summed E-state index contributed by atoms with van der Waals surface area (Å²) in [6.07, 6.45) is 31.9. The minimum atomic E-state index is -0.670. The maximum atomic E-state index is 10.8. The van der Waals surface area contributed by atoms with Gasteiger partial charge in [-0.15, -0.1) is 0 Å². The van der Waals surface area contributed by atoms with E-state index in [1.165, 1.54) is 154 Å². The summed E-state index contributed by atoms with van der Waals surface area (Å²) in [7, 11) is 0. The van der Waals surface area contributed by atoms with Gasteiger partial charge in [0.25, 0.3) is 0 Å². The quantitative estimate of drug-likeness (QED) is 0.0518. The molecule has 274 valence electrons. The van der Waals surface area contributed by atoms with E-state index < -0.39 is 11.9 Å². The van der Waals surface area contributed by atoms with Crippen LogP contribution in [-0.2, 0) is 26.1 Å². The van der Waals surface area contributed by atoms with Crippen molar-refractivity contribution < 1.29 is 36.3 Å². The summed E-state index contributed by atoms with van der Waals surface area (Å²) in [6, 6.07) is 0. The molecule has 45 heavy (non-hydrogen) atoms. The topological polar surface area (TPSA) is 81.1 Å². The Labute approximate surface area is 291 Å². The fourth-order valence-electron chi connectivity index (χ4n) is 5.64. The largest absolute Gasteiger partial charge is 0.481 e. The van der Waals surface area contributed by atoms with E-state index in [1.807, 2.05) is 0 Å². The molecule has 0 spiro atoms. The molecule has 0 bridgehead atoms. The molecule has 0 aliphatic heterocycles. The van der Waals surface area contributed by atoms with Crippen LogP contribution in [0.5, 0.6) is 0 Å². The molecular weight excluding hydrogens is 607 g/mol. The van der Waals surface area contributed by atoms with Crippen LogP contribution in [0, 0.1) is 0 Å². The first kappa shape index (κ1) is 48.7. The zero-order valence-corrected chi connectivity index (χ0v) is 31.5. The van der Waals surface area contributed by atoms with Crippen molar-refractivity contribution in [2.45, 2.75) is 195 Å². The first-order valence-corrected chi connectivity index (χ1v) is 19.3. The second-order valence-electron chi connectivity index (χ2n) is 13.0. The summed E-state index contributed by atoms with van der Waals surface area (Å²) >= 11 is 0. The number of hydrogen-bond acceptors (Lipinski definition) is 4. The van der Waals surface area contributed by atoms with E-state index in [0.717, 1.165) is 39.3 Å². The number of unbranched alkanes of at least 4 members (excludes halogenated alkanes) is 20. The molecule has 7 heteroatoms. The number of carboxylic acid groups (broad SMARTS) is 2. The molecule has 0 atom stereocenters. The number of carbonyl (C=O) groups is 2. The molecule has 0 aliphatic carbocycles. The summed E-state index contributed by atoms with van der Waals surface area (Å²) in [5.74, 6) is -1.34. The van der Waals surface area contributed by atoms with Gasteiger partial charge in [0.15, 0.2) is 0 Å². The Hall–Kier alpha value is -0.646. The number of aliphatic carboxylic acids is 2. The van der Waals surface area contributed by atoms with Crippen LogP contribution >= 0.6 is 0 Å². The molecule has 0 radical (unpaired) electrons. The minimum absolute atomic E-state index is 0. The van der Waals surface area contributed by atoms with Crippen LogP contribution in [0.15, 0.2) is 0 Å². The van der Waals surface area contributed by atoms with E-state index in [1.54, 1.807) is 0 Å². The van der Waals surface area contributed by atoms with E-state index in [4.69, 9.17) is 10.2 Å². The third-order valence-corrected chi connectivity index (χ3v) is 8.60. The Morgan fingerprint density at radius 2 is 0.556 bits per heavy atom. The van der Waals surface area contributed by atoms with E-state index >= 15 is 0 Å². The van der Waals surface area contributed by atoms with Crippen LogP contribution in [0.4, 0.5) is 0 Å². The maximum Gasteiger partial charge on any atom is 0.304 e. The van der Waals surface area contributed by atoms with E-state index in [-0.39, 0.29) is 29.3 Å². The van der Waals surface area contributed by atoms with Crippen LogP contribution < -0.4 is 0 Å². The fourth-order valence-corrected chi connectivity index (χ4v) is 5.64. The van der Waals surface area contributed by atoms with Crippen molar-refractivity contribution in [2.24, 2.45) is 0 Å². The zero-order valence-electron chi connectivity index (χ0n) is 30.5. The second kappa shape index (κ2) is 41.4. The van der Waals surface area contributed by atoms with Gasteiger partial charge in [-0.1, -0.05) is 156 Å². The number of carboxylic acids is 2. The van der Waals surface area contributed by atoms with Crippen molar-refractivity contribution in [2.75, 3.05) is 39.3 Å². The predicted molar refractivity (Wildman–Crippen MR) is 191 cm³/mol. The van der Waals surface area contributed by atoms with Crippen molar-refractivity contribution in [3.8, 4) is 0 Å². The molecule has 0 aliphatic rings. The molecule has 0 rings (SSSR count). The minimum Gasteiger partial charge on any atom is -0.481 e. The standard InChI is InChI=1S/2C19H39NO2.Ni/c2*1-3-5-7-9-11-13-16-20(18-15-19(21)22)17-14-12-10-8-6-4-2;/h2*3-18H2,1-2H3,(H,21,22);. The molecular formula is C38H78N2NiO4. The second-order valence-corrected chi connectivity index (χ2v) is 13.0. The van der Waals surface area contributed by atoms with Crippen molar-refractivity contribution in [1.82, 2.24) is 9.80 Å². The Bertz CT molecular complexity index is 512. The Morgan fingerprint density at radius 3 is 0.756 bits per heavy atom. The van der Waals surface area contributed by atoms with Gasteiger partial charge in [-0.2, -0.15) is 0 Å². The van der Waals surface area contributed by atoms with Crippen LogP contribution in [0.25, 0.3) is 0 Å². The van der Waals surface area contributed by atoms with E-state index in [9.17, 15) is 9.59 Å². The summed E-state index contributed by atoms with van der Waals surface area (Å²) in [5, 5.41) is 17.7. The average molecular weight is 686 g/mol. The molecule has 6 nitrogen and oxygen atoms in total. The predicted octanol–water partition coefficient (Wildman–Crippen LogP) is 11.0. The first-order valence-electron chi connectivity index (χ1n) is 19.3. The van der Waals surface area contributed by atoms with E-state index in [2.05, 4.69) is 37.5 Å². The van der Waals surface area contributed by atoms with Gasteiger partial charge >= 0.3 is 11.9 Å². The normalized spacial score (nSPS) is 11.0. The van der Waals surface area contributed by atoms with Crippen LogP contribution in [0.3, 0.4) is 0 Å². The van der Waals surface area contributed by atoms with Crippen molar-refractivity contribution in [1.29, 1.82) is 0 Å². The van der Waals surface area contributed by atoms with Crippen LogP contribution in [-0.4, -0.2) is 71.2 Å². The Morgan fingerprint density at radius 1 is 0.356 bits per heavy atom. The Kier molecular flexibility index (Phi) is 44.8. The summed E-state index contributed by atoms with van der Waals surface area (Å²) in [5.41, 5.74) is 0. The van der Waals surface area contributed by atoms with Crippen LogP contribution in [0.2, 0.25) is 0 Å². The molecule has 0 saturated carbocycles. The fraction of sp³-hybridized carbons (Fsp3) is 0.947. The third kappa shape index (κ3) is 43.4. The average Bonchev–Trinajstić information content (AvgIpc) is 3.00. The van der Waals surface area contributed by atoms with Gasteiger partial charge < -0.3 is 20.0 Å². The SMILES string of the molecule is CCCCCCCCN(CCCCCCCC)CCC(=O)O.CCCCCCCCN(CCCCCCCC)CCC(=O)O.[Ni]. The van der Waals surface area contributed by atoms with Gasteiger partial charge in [0, 0.05) is 29.6 Å². The molecule has 0 amide bonds. The number of rotatable bonds is 34. The van der Waals surface area contributed by atoms with Gasteiger partial charge in [0.05, 0.1) is 12.8 Å². The van der Waals surface area contributed by atoms with Gasteiger partial charge in [0.2, 0.25) is 0 Å². The van der Waals surface area contributed by atoms with Crippen molar-refractivity contribution in [3.63, 3.8) is 0 Å². The third-order valence-electron chi connectivity index (χ3n) is 8.60. The smallest absolute Gasteiger partial charge is 0.304 e. The number of nitrogens with zero attached hydrogens (tertiary/aromatic N) is 2. The first-order chi connectivity index (χ1) is 21.4. The molecule has 0 aromatic heterocycles.